The van der Waals surface area contributed by atoms with E-state index in [-0.39, 0.29) is 0 Å². The summed E-state index contributed by atoms with van der Waals surface area (Å²) in [5.41, 5.74) is 1.84. The maximum absolute atomic E-state index is 8.65. The molecule has 3 heteroatoms. The molecule has 0 aliphatic rings. The van der Waals surface area contributed by atoms with Crippen LogP contribution < -0.4 is 4.74 Å². The van der Waals surface area contributed by atoms with Crippen LogP contribution >= 0.6 is 0 Å². The first-order valence-electron chi connectivity index (χ1n) is 5.47. The Balaban J connectivity index is 2.38. The van der Waals surface area contributed by atoms with Gasteiger partial charge >= 0.3 is 0 Å². The van der Waals surface area contributed by atoms with Crippen molar-refractivity contribution < 1.29 is 9.94 Å². The molecule has 0 unspecified atom stereocenters. The summed E-state index contributed by atoms with van der Waals surface area (Å²) in [6.07, 6.45) is 0.665. The first-order chi connectivity index (χ1) is 8.22. The molecule has 0 saturated carbocycles. The van der Waals surface area contributed by atoms with E-state index < -0.39 is 0 Å². The normalized spacial score (nSPS) is 11.8. The molecule has 0 aliphatic heterocycles. The van der Waals surface area contributed by atoms with E-state index >= 15 is 0 Å². The predicted octanol–water partition coefficient (Wildman–Crippen LogP) is 3.24. The molecule has 17 heavy (non-hydrogen) atoms. The van der Waals surface area contributed by atoms with Crippen LogP contribution in [0.4, 0.5) is 0 Å². The van der Waals surface area contributed by atoms with Crippen LogP contribution in [0.15, 0.2) is 41.6 Å². The minimum atomic E-state index is 0.665. The largest absolute Gasteiger partial charge is 0.497 e. The molecule has 2 aromatic rings. The number of rotatable bonds is 3. The molecular weight excluding hydrogens is 214 g/mol. The number of hydrogen-bond acceptors (Lipinski definition) is 3. The monoisotopic (exact) mass is 229 g/mol. The molecular formula is C14H15NO2. The van der Waals surface area contributed by atoms with Crippen molar-refractivity contribution in [1.82, 2.24) is 0 Å². The third-order valence-electron chi connectivity index (χ3n) is 2.74. The first-order valence-corrected chi connectivity index (χ1v) is 5.47. The van der Waals surface area contributed by atoms with E-state index in [4.69, 9.17) is 9.94 Å². The van der Waals surface area contributed by atoms with Crippen LogP contribution in [0.25, 0.3) is 10.8 Å². The summed E-state index contributed by atoms with van der Waals surface area (Å²) in [6.45, 7) is 1.80. The zero-order chi connectivity index (χ0) is 12.3. The molecule has 2 rings (SSSR count). The van der Waals surface area contributed by atoms with Gasteiger partial charge in [-0.3, -0.25) is 0 Å². The Morgan fingerprint density at radius 3 is 2.59 bits per heavy atom. The fourth-order valence-electron chi connectivity index (χ4n) is 1.84. The summed E-state index contributed by atoms with van der Waals surface area (Å²) >= 11 is 0. The van der Waals surface area contributed by atoms with Gasteiger partial charge in [0.15, 0.2) is 0 Å². The molecule has 0 amide bonds. The third kappa shape index (κ3) is 2.56. The second kappa shape index (κ2) is 4.87. The lowest BCUT2D eigenvalue weighted by Crippen LogP contribution is -1.97. The van der Waals surface area contributed by atoms with Gasteiger partial charge in [0, 0.05) is 6.42 Å². The molecule has 0 fully saturated rings. The number of benzene rings is 2. The minimum absolute atomic E-state index is 0.665. The van der Waals surface area contributed by atoms with Gasteiger partial charge in [0.25, 0.3) is 0 Å². The Bertz CT molecular complexity index is 561. The summed E-state index contributed by atoms with van der Waals surface area (Å²) in [7, 11) is 1.66. The highest BCUT2D eigenvalue weighted by Crippen LogP contribution is 2.22. The van der Waals surface area contributed by atoms with Crippen molar-refractivity contribution >= 4 is 16.5 Å². The fourth-order valence-corrected chi connectivity index (χ4v) is 1.84. The second-order valence-electron chi connectivity index (χ2n) is 4.06. The number of fused-ring (bicyclic) bond motifs is 1. The van der Waals surface area contributed by atoms with E-state index in [1.165, 1.54) is 0 Å². The molecule has 0 heterocycles. The summed E-state index contributed by atoms with van der Waals surface area (Å²) < 4.78 is 5.18. The van der Waals surface area contributed by atoms with E-state index in [1.807, 2.05) is 24.3 Å². The van der Waals surface area contributed by atoms with Crippen LogP contribution in [-0.2, 0) is 6.42 Å². The average molecular weight is 229 g/mol. The van der Waals surface area contributed by atoms with Crippen molar-refractivity contribution in [3.05, 3.63) is 42.0 Å². The van der Waals surface area contributed by atoms with Crippen LogP contribution in [0, 0.1) is 0 Å². The topological polar surface area (TPSA) is 41.8 Å². The zero-order valence-corrected chi connectivity index (χ0v) is 9.97. The Labute approximate surface area is 100 Å². The second-order valence-corrected chi connectivity index (χ2v) is 4.06. The van der Waals surface area contributed by atoms with E-state index in [0.29, 0.717) is 12.1 Å². The van der Waals surface area contributed by atoms with Crippen molar-refractivity contribution in [2.24, 2.45) is 5.16 Å². The lowest BCUT2D eigenvalue weighted by Gasteiger charge is -2.05. The molecule has 0 aromatic heterocycles. The number of ether oxygens (including phenoxy) is 1. The maximum Gasteiger partial charge on any atom is 0.119 e. The average Bonchev–Trinajstić information content (AvgIpc) is 2.38. The molecule has 1 N–H and O–H groups in total. The maximum atomic E-state index is 8.65. The lowest BCUT2D eigenvalue weighted by molar-refractivity contribution is 0.317. The SMILES string of the molecule is COc1ccc2cc(C/C(C)=N/O)ccc2c1. The molecule has 2 aromatic carbocycles. The van der Waals surface area contributed by atoms with Gasteiger partial charge in [-0.1, -0.05) is 29.4 Å². The number of nitrogens with zero attached hydrogens (tertiary/aromatic N) is 1. The highest BCUT2D eigenvalue weighted by molar-refractivity contribution is 5.87. The van der Waals surface area contributed by atoms with E-state index in [9.17, 15) is 0 Å². The minimum Gasteiger partial charge on any atom is -0.497 e. The lowest BCUT2D eigenvalue weighted by atomic mass is 10.0. The molecule has 0 atom stereocenters. The van der Waals surface area contributed by atoms with Crippen molar-refractivity contribution in [1.29, 1.82) is 0 Å². The summed E-state index contributed by atoms with van der Waals surface area (Å²) in [6, 6.07) is 12.2. The zero-order valence-electron chi connectivity index (χ0n) is 9.97. The molecule has 0 radical (unpaired) electrons. The number of hydrogen-bond donors (Lipinski definition) is 1. The molecule has 3 nitrogen and oxygen atoms in total. The van der Waals surface area contributed by atoms with Gasteiger partial charge in [0.05, 0.1) is 12.8 Å². The van der Waals surface area contributed by atoms with Gasteiger partial charge in [-0.2, -0.15) is 0 Å². The van der Waals surface area contributed by atoms with Gasteiger partial charge in [0.1, 0.15) is 5.75 Å². The summed E-state index contributed by atoms with van der Waals surface area (Å²) in [5, 5.41) is 14.1. The third-order valence-corrected chi connectivity index (χ3v) is 2.74. The van der Waals surface area contributed by atoms with Crippen molar-refractivity contribution in [2.45, 2.75) is 13.3 Å². The molecule has 88 valence electrons. The van der Waals surface area contributed by atoms with Gasteiger partial charge in [0.2, 0.25) is 0 Å². The summed E-state index contributed by atoms with van der Waals surface area (Å²) in [5.74, 6) is 0.860. The van der Waals surface area contributed by atoms with Gasteiger partial charge in [-0.25, -0.2) is 0 Å². The summed E-state index contributed by atoms with van der Waals surface area (Å²) in [4.78, 5) is 0. The molecule has 0 spiro atoms. The van der Waals surface area contributed by atoms with E-state index in [2.05, 4.69) is 17.3 Å². The Morgan fingerprint density at radius 1 is 1.18 bits per heavy atom. The van der Waals surface area contributed by atoms with Crippen molar-refractivity contribution in [2.75, 3.05) is 7.11 Å². The molecule has 0 aliphatic carbocycles. The first kappa shape index (κ1) is 11.5. The van der Waals surface area contributed by atoms with Crippen molar-refractivity contribution in [3.63, 3.8) is 0 Å². The quantitative estimate of drug-likeness (QED) is 0.498. The fraction of sp³-hybridized carbons (Fsp3) is 0.214. The Kier molecular flexibility index (Phi) is 3.28. The van der Waals surface area contributed by atoms with Crippen molar-refractivity contribution in [3.8, 4) is 5.75 Å². The molecule has 0 bridgehead atoms. The van der Waals surface area contributed by atoms with Gasteiger partial charge in [-0.05, 0) is 35.4 Å². The molecule has 0 saturated heterocycles. The number of oxime groups is 1. The number of methoxy groups -OCH3 is 1. The highest BCUT2D eigenvalue weighted by Gasteiger charge is 2.00. The standard InChI is InChI=1S/C14H15NO2/c1-10(15-16)7-11-3-4-13-9-14(17-2)6-5-12(13)8-11/h3-6,8-9,16H,7H2,1-2H3/b15-10+. The van der Waals surface area contributed by atoms with E-state index in [1.54, 1.807) is 14.0 Å². The van der Waals surface area contributed by atoms with Gasteiger partial charge in [-0.15, -0.1) is 0 Å². The predicted molar refractivity (Wildman–Crippen MR) is 69.1 cm³/mol. The Morgan fingerprint density at radius 2 is 1.88 bits per heavy atom. The van der Waals surface area contributed by atoms with Crippen LogP contribution in [0.5, 0.6) is 5.75 Å². The van der Waals surface area contributed by atoms with Gasteiger partial charge < -0.3 is 9.94 Å². The van der Waals surface area contributed by atoms with E-state index in [0.717, 1.165) is 22.1 Å². The smallest absolute Gasteiger partial charge is 0.119 e. The van der Waals surface area contributed by atoms with Crippen LogP contribution in [-0.4, -0.2) is 18.0 Å². The van der Waals surface area contributed by atoms with Crippen LogP contribution in [0.2, 0.25) is 0 Å². The van der Waals surface area contributed by atoms with Crippen LogP contribution in [0.1, 0.15) is 12.5 Å². The van der Waals surface area contributed by atoms with Crippen LogP contribution in [0.3, 0.4) is 0 Å². The highest BCUT2D eigenvalue weighted by atomic mass is 16.5. The Hall–Kier alpha value is -2.03.